The lowest BCUT2D eigenvalue weighted by atomic mass is 9.81. The Morgan fingerprint density at radius 1 is 1.19 bits per heavy atom. The van der Waals surface area contributed by atoms with Crippen LogP contribution in [0.4, 0.5) is 13.6 Å². The minimum absolute atomic E-state index is 0.189. The minimum atomic E-state index is -2.20. The van der Waals surface area contributed by atoms with Gasteiger partial charge in [0, 0.05) is 22.5 Å². The summed E-state index contributed by atoms with van der Waals surface area (Å²) in [5.74, 6) is -10.6. The van der Waals surface area contributed by atoms with Gasteiger partial charge in [-0.3, -0.25) is 9.59 Å². The summed E-state index contributed by atoms with van der Waals surface area (Å²) < 4.78 is 31.8. The van der Waals surface area contributed by atoms with E-state index in [1.165, 1.54) is 6.07 Å². The number of carboxylic acids is 2. The summed E-state index contributed by atoms with van der Waals surface area (Å²) in [5, 5.41) is 21.7. The maximum absolute atomic E-state index is 13.5. The van der Waals surface area contributed by atoms with E-state index in [4.69, 9.17) is 4.74 Å². The van der Waals surface area contributed by atoms with E-state index in [0.29, 0.717) is 0 Å². The number of ether oxygens (including phenoxy) is 1. The Hall–Kier alpha value is -2.69. The Morgan fingerprint density at radius 2 is 1.84 bits per heavy atom. The van der Waals surface area contributed by atoms with Gasteiger partial charge in [-0.25, -0.2) is 18.4 Å². The second-order valence-corrected chi connectivity index (χ2v) is 9.65. The SMILES string of the molecule is CC(C)(C)OC(=O)N[C@@]1(C(=O)O)[C@H](CSc2ccc(F)c(F)c2)C(=O)C2[C@H](C(=O)O)[C@H]21. The summed E-state index contributed by atoms with van der Waals surface area (Å²) in [7, 11) is 0. The molecule has 2 fully saturated rings. The lowest BCUT2D eigenvalue weighted by Crippen LogP contribution is -2.62. The maximum atomic E-state index is 13.5. The zero-order valence-corrected chi connectivity index (χ0v) is 17.7. The third kappa shape index (κ3) is 4.10. The summed E-state index contributed by atoms with van der Waals surface area (Å²) in [4.78, 5) is 49.5. The number of hydrogen-bond acceptors (Lipinski definition) is 6. The number of benzene rings is 1. The molecule has 0 radical (unpaired) electrons. The van der Waals surface area contributed by atoms with Gasteiger partial charge >= 0.3 is 18.0 Å². The number of ketones is 1. The fraction of sp³-hybridized carbons (Fsp3) is 0.500. The highest BCUT2D eigenvalue weighted by molar-refractivity contribution is 7.99. The first kappa shape index (κ1) is 23.0. The third-order valence-electron chi connectivity index (χ3n) is 5.42. The number of carboxylic acid groups (broad SMARTS) is 2. The number of carbonyl (C=O) groups is 4. The molecule has 1 amide bonds. The highest BCUT2D eigenvalue weighted by Crippen LogP contribution is 2.63. The van der Waals surface area contributed by atoms with Crippen LogP contribution in [0.25, 0.3) is 0 Å². The number of Topliss-reactive ketones (excluding diaryl/α,β-unsaturated/α-hetero) is 1. The Balaban J connectivity index is 1.92. The molecule has 2 saturated carbocycles. The predicted octanol–water partition coefficient (Wildman–Crippen LogP) is 2.55. The Kier molecular flexibility index (Phi) is 5.76. The summed E-state index contributed by atoms with van der Waals surface area (Å²) in [6, 6.07) is 3.08. The number of alkyl carbamates (subject to hydrolysis) is 1. The maximum Gasteiger partial charge on any atom is 0.408 e. The highest BCUT2D eigenvalue weighted by atomic mass is 32.2. The van der Waals surface area contributed by atoms with Crippen LogP contribution in [-0.4, -0.2) is 50.9 Å². The molecular weight excluding hydrogens is 436 g/mol. The number of fused-ring (bicyclic) bond motifs is 1. The van der Waals surface area contributed by atoms with Crippen molar-refractivity contribution in [2.75, 3.05) is 5.75 Å². The largest absolute Gasteiger partial charge is 0.481 e. The van der Waals surface area contributed by atoms with Crippen molar-refractivity contribution in [1.82, 2.24) is 5.32 Å². The first-order chi connectivity index (χ1) is 14.3. The van der Waals surface area contributed by atoms with Crippen molar-refractivity contribution in [3.8, 4) is 0 Å². The van der Waals surface area contributed by atoms with Crippen molar-refractivity contribution in [2.24, 2.45) is 23.7 Å². The van der Waals surface area contributed by atoms with Crippen LogP contribution in [0.2, 0.25) is 0 Å². The number of halogens is 2. The topological polar surface area (TPSA) is 130 Å². The molecule has 31 heavy (non-hydrogen) atoms. The Bertz CT molecular complexity index is 963. The van der Waals surface area contributed by atoms with Crippen LogP contribution >= 0.6 is 11.8 Å². The average molecular weight is 457 g/mol. The van der Waals surface area contributed by atoms with E-state index >= 15 is 0 Å². The van der Waals surface area contributed by atoms with Crippen molar-refractivity contribution >= 4 is 35.6 Å². The van der Waals surface area contributed by atoms with Crippen LogP contribution in [0.15, 0.2) is 23.1 Å². The molecule has 3 N–H and O–H groups in total. The van der Waals surface area contributed by atoms with E-state index in [-0.39, 0.29) is 10.6 Å². The fourth-order valence-electron chi connectivity index (χ4n) is 4.18. The monoisotopic (exact) mass is 457 g/mol. The second kappa shape index (κ2) is 7.77. The van der Waals surface area contributed by atoms with Crippen molar-refractivity contribution in [3.05, 3.63) is 29.8 Å². The van der Waals surface area contributed by atoms with Gasteiger partial charge in [0.25, 0.3) is 0 Å². The van der Waals surface area contributed by atoms with Crippen LogP contribution < -0.4 is 5.32 Å². The molecular formula is C20H21F2NO7S. The van der Waals surface area contributed by atoms with Gasteiger partial charge in [-0.2, -0.15) is 0 Å². The van der Waals surface area contributed by atoms with Gasteiger partial charge in [0.15, 0.2) is 17.2 Å². The minimum Gasteiger partial charge on any atom is -0.481 e. The summed E-state index contributed by atoms with van der Waals surface area (Å²) >= 11 is 0.906. The number of rotatable bonds is 6. The zero-order valence-electron chi connectivity index (χ0n) is 16.8. The summed E-state index contributed by atoms with van der Waals surface area (Å²) in [5.41, 5.74) is -3.16. The lowest BCUT2D eigenvalue weighted by molar-refractivity contribution is -0.151. The highest BCUT2D eigenvalue weighted by Gasteiger charge is 2.80. The van der Waals surface area contributed by atoms with Crippen molar-refractivity contribution in [1.29, 1.82) is 0 Å². The number of thioether (sulfide) groups is 1. The molecule has 5 atom stereocenters. The molecule has 1 aromatic carbocycles. The van der Waals surface area contributed by atoms with Gasteiger partial charge < -0.3 is 20.3 Å². The standard InChI is InChI=1S/C20H21F2NO7S/c1-19(2,3)30-18(29)23-20(17(27)28)9(15(24)12-13(14(12)20)16(25)26)7-31-8-4-5-10(21)11(22)6-8/h4-6,9,12-14H,7H2,1-3H3,(H,23,29)(H,25,26)(H,27,28)/t9-,12?,13+,14+,20+/m1/s1. The van der Waals surface area contributed by atoms with Gasteiger partial charge in [0.2, 0.25) is 0 Å². The molecule has 2 aliphatic carbocycles. The smallest absolute Gasteiger partial charge is 0.408 e. The zero-order chi connectivity index (χ0) is 23.3. The normalized spacial score (nSPS) is 29.3. The number of carbonyl (C=O) groups excluding carboxylic acids is 2. The number of amides is 1. The van der Waals surface area contributed by atoms with Crippen LogP contribution in [-0.2, 0) is 19.1 Å². The molecule has 0 aliphatic heterocycles. The molecule has 0 heterocycles. The van der Waals surface area contributed by atoms with Gasteiger partial charge in [-0.15, -0.1) is 11.8 Å². The van der Waals surface area contributed by atoms with Gasteiger partial charge in [-0.1, -0.05) is 0 Å². The third-order valence-corrected chi connectivity index (χ3v) is 6.51. The van der Waals surface area contributed by atoms with Crippen LogP contribution in [0, 0.1) is 35.3 Å². The molecule has 11 heteroatoms. The van der Waals surface area contributed by atoms with Gasteiger partial charge in [0.05, 0.1) is 11.8 Å². The van der Waals surface area contributed by atoms with E-state index < -0.39 is 70.3 Å². The molecule has 1 unspecified atom stereocenters. The van der Waals surface area contributed by atoms with Crippen molar-refractivity contribution in [3.63, 3.8) is 0 Å². The van der Waals surface area contributed by atoms with Gasteiger partial charge in [0.1, 0.15) is 11.4 Å². The Labute approximate surface area is 180 Å². The van der Waals surface area contributed by atoms with E-state index in [1.54, 1.807) is 20.8 Å². The predicted molar refractivity (Wildman–Crippen MR) is 103 cm³/mol. The number of nitrogens with one attached hydrogen (secondary N) is 1. The Morgan fingerprint density at radius 3 is 2.35 bits per heavy atom. The van der Waals surface area contributed by atoms with Gasteiger partial charge in [-0.05, 0) is 39.0 Å². The molecule has 2 aliphatic rings. The first-order valence-electron chi connectivity index (χ1n) is 9.38. The van der Waals surface area contributed by atoms with E-state index in [9.17, 15) is 38.2 Å². The molecule has 3 rings (SSSR count). The van der Waals surface area contributed by atoms with Crippen LogP contribution in [0.1, 0.15) is 20.8 Å². The quantitative estimate of drug-likeness (QED) is 0.556. The lowest BCUT2D eigenvalue weighted by Gasteiger charge is -2.35. The molecule has 1 aromatic rings. The second-order valence-electron chi connectivity index (χ2n) is 8.56. The average Bonchev–Trinajstić information content (AvgIpc) is 3.32. The summed E-state index contributed by atoms with van der Waals surface area (Å²) in [6.07, 6.45) is -1.10. The summed E-state index contributed by atoms with van der Waals surface area (Å²) in [6.45, 7) is 4.70. The molecule has 8 nitrogen and oxygen atoms in total. The molecule has 0 saturated heterocycles. The number of hydrogen-bond donors (Lipinski definition) is 3. The van der Waals surface area contributed by atoms with E-state index in [0.717, 1.165) is 23.9 Å². The van der Waals surface area contributed by atoms with E-state index in [2.05, 4.69) is 5.32 Å². The first-order valence-corrected chi connectivity index (χ1v) is 10.4. The fourth-order valence-corrected chi connectivity index (χ4v) is 5.31. The van der Waals surface area contributed by atoms with E-state index in [1.807, 2.05) is 0 Å². The van der Waals surface area contributed by atoms with Crippen LogP contribution in [0.3, 0.4) is 0 Å². The molecule has 0 spiro atoms. The number of aliphatic carboxylic acids is 2. The molecule has 0 aromatic heterocycles. The van der Waals surface area contributed by atoms with Crippen LogP contribution in [0.5, 0.6) is 0 Å². The molecule has 168 valence electrons. The van der Waals surface area contributed by atoms with Crippen molar-refractivity contribution in [2.45, 2.75) is 36.8 Å². The van der Waals surface area contributed by atoms with Crippen molar-refractivity contribution < 1.29 is 42.9 Å². The molecule has 0 bridgehead atoms.